The summed E-state index contributed by atoms with van der Waals surface area (Å²) in [6.07, 6.45) is 1.06. The van der Waals surface area contributed by atoms with Gasteiger partial charge in [0, 0.05) is 45.2 Å². The van der Waals surface area contributed by atoms with Crippen molar-refractivity contribution in [1.29, 1.82) is 0 Å². The van der Waals surface area contributed by atoms with E-state index >= 15 is 0 Å². The van der Waals surface area contributed by atoms with Gasteiger partial charge in [0.15, 0.2) is 5.96 Å². The van der Waals surface area contributed by atoms with Gasteiger partial charge in [-0.05, 0) is 31.8 Å². The molecule has 1 aromatic rings. The number of methoxy groups -OCH3 is 1. The van der Waals surface area contributed by atoms with E-state index in [1.54, 1.807) is 7.11 Å². The summed E-state index contributed by atoms with van der Waals surface area (Å²) in [5, 5.41) is 5.49. The van der Waals surface area contributed by atoms with Crippen LogP contribution in [0.15, 0.2) is 22.5 Å². The molecule has 0 aliphatic heterocycles. The number of guanidine groups is 1. The van der Waals surface area contributed by atoms with E-state index in [0.717, 1.165) is 51.7 Å². The number of aliphatic imine (C=N–C) groups is 1. The predicted molar refractivity (Wildman–Crippen MR) is 111 cm³/mol. The third-order valence-electron chi connectivity index (χ3n) is 3.39. The van der Waals surface area contributed by atoms with Crippen LogP contribution in [0.1, 0.15) is 11.8 Å². The van der Waals surface area contributed by atoms with Gasteiger partial charge >= 0.3 is 0 Å². The Morgan fingerprint density at radius 1 is 1.30 bits per heavy atom. The molecule has 0 saturated heterocycles. The third kappa shape index (κ3) is 10.2. The minimum absolute atomic E-state index is 0. The van der Waals surface area contributed by atoms with Crippen molar-refractivity contribution < 1.29 is 4.74 Å². The smallest absolute Gasteiger partial charge is 0.193 e. The second-order valence-electron chi connectivity index (χ2n) is 5.28. The Labute approximate surface area is 162 Å². The summed E-state index contributed by atoms with van der Waals surface area (Å²) in [5.74, 6) is 0.985. The Morgan fingerprint density at radius 3 is 2.70 bits per heavy atom. The van der Waals surface area contributed by atoms with Crippen molar-refractivity contribution >= 4 is 41.3 Å². The van der Waals surface area contributed by atoms with E-state index in [1.807, 2.05) is 11.3 Å². The maximum atomic E-state index is 5.09. The highest BCUT2D eigenvalue weighted by Gasteiger charge is 2.06. The number of nitrogens with zero attached hydrogens (tertiary/aromatic N) is 3. The number of thiophene rings is 1. The van der Waals surface area contributed by atoms with Gasteiger partial charge in [0.1, 0.15) is 0 Å². The summed E-state index contributed by atoms with van der Waals surface area (Å²) >= 11 is 1.81. The van der Waals surface area contributed by atoms with Gasteiger partial charge in [-0.1, -0.05) is 6.07 Å². The molecule has 0 spiro atoms. The average molecular weight is 454 g/mol. The monoisotopic (exact) mass is 454 g/mol. The molecule has 1 N–H and O–H groups in total. The maximum absolute atomic E-state index is 5.09. The molecule has 0 fully saturated rings. The largest absolute Gasteiger partial charge is 0.383 e. The van der Waals surface area contributed by atoms with Crippen LogP contribution in [0.2, 0.25) is 0 Å². The summed E-state index contributed by atoms with van der Waals surface area (Å²) in [4.78, 5) is 10.6. The second-order valence-corrected chi connectivity index (χ2v) is 6.31. The lowest BCUT2D eigenvalue weighted by Gasteiger charge is -2.22. The normalized spacial score (nSPS) is 11.4. The number of halogens is 1. The fraction of sp³-hybridized carbons (Fsp3) is 0.688. The first-order valence-corrected chi connectivity index (χ1v) is 8.74. The van der Waals surface area contributed by atoms with E-state index in [-0.39, 0.29) is 24.0 Å². The maximum Gasteiger partial charge on any atom is 0.193 e. The van der Waals surface area contributed by atoms with Gasteiger partial charge < -0.3 is 19.9 Å². The van der Waals surface area contributed by atoms with Gasteiger partial charge in [0.2, 0.25) is 0 Å². The van der Waals surface area contributed by atoms with Crippen LogP contribution in [0.5, 0.6) is 0 Å². The number of hydrogen-bond acceptors (Lipinski definition) is 4. The van der Waals surface area contributed by atoms with E-state index < -0.39 is 0 Å². The molecule has 0 amide bonds. The Hall–Kier alpha value is -0.380. The predicted octanol–water partition coefficient (Wildman–Crippen LogP) is 2.38. The van der Waals surface area contributed by atoms with Crippen LogP contribution in [0.3, 0.4) is 0 Å². The minimum atomic E-state index is 0. The van der Waals surface area contributed by atoms with Crippen LogP contribution in [0.25, 0.3) is 0 Å². The Morgan fingerprint density at radius 2 is 2.09 bits per heavy atom. The molecular weight excluding hydrogens is 423 g/mol. The van der Waals surface area contributed by atoms with Gasteiger partial charge in [-0.2, -0.15) is 0 Å². The lowest BCUT2D eigenvalue weighted by molar-refractivity contribution is 0.163. The van der Waals surface area contributed by atoms with E-state index in [4.69, 9.17) is 9.73 Å². The summed E-state index contributed by atoms with van der Waals surface area (Å²) in [6, 6.07) is 4.29. The van der Waals surface area contributed by atoms with Crippen molar-refractivity contribution in [3.63, 3.8) is 0 Å². The molecule has 1 aromatic heterocycles. The molecule has 0 unspecified atom stereocenters. The molecule has 7 heteroatoms. The molecule has 0 bridgehead atoms. The van der Waals surface area contributed by atoms with Gasteiger partial charge in [0.05, 0.1) is 13.2 Å². The Kier molecular flexibility index (Phi) is 13.8. The zero-order valence-electron chi connectivity index (χ0n) is 14.7. The fourth-order valence-electron chi connectivity index (χ4n) is 1.99. The van der Waals surface area contributed by atoms with Gasteiger partial charge in [-0.15, -0.1) is 35.3 Å². The molecule has 0 aromatic carbocycles. The number of nitrogens with one attached hydrogen (secondary N) is 1. The van der Waals surface area contributed by atoms with Crippen molar-refractivity contribution in [2.45, 2.75) is 13.3 Å². The molecule has 0 saturated carbocycles. The van der Waals surface area contributed by atoms with Crippen molar-refractivity contribution in [2.24, 2.45) is 4.99 Å². The van der Waals surface area contributed by atoms with Crippen molar-refractivity contribution in [1.82, 2.24) is 15.1 Å². The summed E-state index contributed by atoms with van der Waals surface area (Å²) in [5.41, 5.74) is 0. The lowest BCUT2D eigenvalue weighted by atomic mass is 10.3. The first kappa shape index (κ1) is 22.6. The molecule has 23 heavy (non-hydrogen) atoms. The first-order valence-electron chi connectivity index (χ1n) is 7.86. The fourth-order valence-corrected chi connectivity index (χ4v) is 2.69. The quantitative estimate of drug-likeness (QED) is 0.335. The summed E-state index contributed by atoms with van der Waals surface area (Å²) < 4.78 is 5.09. The topological polar surface area (TPSA) is 40.1 Å². The molecule has 5 nitrogen and oxygen atoms in total. The van der Waals surface area contributed by atoms with Crippen LogP contribution < -0.4 is 5.32 Å². The highest BCUT2D eigenvalue weighted by molar-refractivity contribution is 14.0. The highest BCUT2D eigenvalue weighted by Crippen LogP contribution is 2.09. The van der Waals surface area contributed by atoms with Crippen LogP contribution in [0.4, 0.5) is 0 Å². The molecule has 0 radical (unpaired) electrons. The average Bonchev–Trinajstić information content (AvgIpc) is 3.03. The summed E-state index contributed by atoms with van der Waals surface area (Å²) in [6.45, 7) is 7.42. The number of hydrogen-bond donors (Lipinski definition) is 1. The van der Waals surface area contributed by atoms with Gasteiger partial charge in [-0.3, -0.25) is 4.99 Å². The van der Waals surface area contributed by atoms with Crippen LogP contribution >= 0.6 is 35.3 Å². The zero-order valence-corrected chi connectivity index (χ0v) is 17.9. The van der Waals surface area contributed by atoms with E-state index in [2.05, 4.69) is 53.6 Å². The molecule has 1 rings (SSSR count). The minimum Gasteiger partial charge on any atom is -0.383 e. The van der Waals surface area contributed by atoms with Gasteiger partial charge in [0.25, 0.3) is 0 Å². The number of rotatable bonds is 10. The van der Waals surface area contributed by atoms with Gasteiger partial charge in [-0.25, -0.2) is 0 Å². The Balaban J connectivity index is 0.00000484. The Bertz CT molecular complexity index is 414. The van der Waals surface area contributed by atoms with Crippen LogP contribution in [-0.2, 0) is 11.2 Å². The third-order valence-corrected chi connectivity index (χ3v) is 4.33. The number of likely N-dealkylation sites (N-methyl/N-ethyl adjacent to an activating group) is 2. The molecular formula is C16H31IN4OS. The molecule has 134 valence electrons. The molecule has 0 aliphatic carbocycles. The SMILES string of the molecule is CCNC(=NCCN(C)CCOC)N(C)CCc1cccs1.I. The van der Waals surface area contributed by atoms with E-state index in [1.165, 1.54) is 4.88 Å². The summed E-state index contributed by atoms with van der Waals surface area (Å²) in [7, 11) is 5.93. The molecule has 1 heterocycles. The van der Waals surface area contributed by atoms with Crippen LogP contribution in [-0.4, -0.2) is 76.3 Å². The number of ether oxygens (including phenoxy) is 1. The zero-order chi connectivity index (χ0) is 16.2. The van der Waals surface area contributed by atoms with E-state index in [0.29, 0.717) is 0 Å². The standard InChI is InChI=1S/C16H30N4OS.HI/c1-5-17-16(18-9-11-19(2)12-13-21-4)20(3)10-8-15-7-6-14-22-15;/h6-7,14H,5,8-13H2,1-4H3,(H,17,18);1H. The molecule has 0 atom stereocenters. The first-order chi connectivity index (χ1) is 10.7. The van der Waals surface area contributed by atoms with Crippen molar-refractivity contribution in [3.8, 4) is 0 Å². The second kappa shape index (κ2) is 14.0. The lowest BCUT2D eigenvalue weighted by Crippen LogP contribution is -2.40. The highest BCUT2D eigenvalue weighted by atomic mass is 127. The molecule has 0 aliphatic rings. The van der Waals surface area contributed by atoms with Crippen LogP contribution in [0, 0.1) is 0 Å². The van der Waals surface area contributed by atoms with Crippen molar-refractivity contribution in [3.05, 3.63) is 22.4 Å². The van der Waals surface area contributed by atoms with Crippen molar-refractivity contribution in [2.75, 3.05) is 60.5 Å². The van der Waals surface area contributed by atoms with E-state index in [9.17, 15) is 0 Å².